The summed E-state index contributed by atoms with van der Waals surface area (Å²) in [5.74, 6) is -1.30. The smallest absolute Gasteiger partial charge is 0.463 e. The largest absolute Gasteiger partial charge is 0.472 e. The molecule has 600 valence electrons. The van der Waals surface area contributed by atoms with Crippen LogP contribution in [0.5, 0.6) is 0 Å². The van der Waals surface area contributed by atoms with Gasteiger partial charge in [-0.3, -0.25) is 23.4 Å². The van der Waals surface area contributed by atoms with E-state index in [1.807, 2.05) is 0 Å². The Bertz CT molecular complexity index is 2160. The third-order valence-corrected chi connectivity index (χ3v) is 21.2. The molecule has 3 fully saturated rings. The maximum Gasteiger partial charge on any atom is 0.472 e. The lowest BCUT2D eigenvalue weighted by molar-refractivity contribution is -0.360. The Morgan fingerprint density at radius 2 is 0.745 bits per heavy atom. The van der Waals surface area contributed by atoms with E-state index in [-0.39, 0.29) is 19.3 Å². The van der Waals surface area contributed by atoms with E-state index in [1.54, 1.807) is 0 Å². The van der Waals surface area contributed by atoms with Crippen molar-refractivity contribution in [1.29, 1.82) is 0 Å². The number of hydrogen-bond donors (Lipinski definition) is 11. The molecule has 1 aliphatic carbocycles. The summed E-state index contributed by atoms with van der Waals surface area (Å²) in [6, 6.07) is 0. The fraction of sp³-hybridized carbons (Fsp3) is 0.935. The Morgan fingerprint density at radius 1 is 0.402 bits per heavy atom. The van der Waals surface area contributed by atoms with Gasteiger partial charge in [0.25, 0.3) is 0 Å². The monoisotopic (exact) mass is 1480 g/mol. The SMILES string of the molecule is CCCCCC/C=C\CCCCCCCCCC(=O)OCC(COP(=O)(O)OC1C(OC2OC(CO)C(O)C(O)C2O)C(O)C(O)C(O)C1OC1OC(COC(=O)CCCCCCCCCCCCCCCCCC)C(O)C(O)C1O)OC(=O)CCCCCCCCC(C)CCCCCCCC. The van der Waals surface area contributed by atoms with Gasteiger partial charge in [-0.25, -0.2) is 4.57 Å². The maximum atomic E-state index is 14.4. The van der Waals surface area contributed by atoms with Crippen LogP contribution in [0.4, 0.5) is 0 Å². The number of ether oxygens (including phenoxy) is 7. The van der Waals surface area contributed by atoms with E-state index in [0.29, 0.717) is 25.2 Å². The van der Waals surface area contributed by atoms with Crippen molar-refractivity contribution in [2.45, 2.75) is 427 Å². The van der Waals surface area contributed by atoms with Crippen LogP contribution in [0.3, 0.4) is 0 Å². The van der Waals surface area contributed by atoms with Crippen LogP contribution in [0.2, 0.25) is 0 Å². The fourth-order valence-corrected chi connectivity index (χ4v) is 14.5. The molecule has 0 bridgehead atoms. The molecule has 0 aromatic heterocycles. The minimum Gasteiger partial charge on any atom is -0.463 e. The van der Waals surface area contributed by atoms with Crippen LogP contribution >= 0.6 is 7.82 Å². The topological polar surface area (TPSA) is 374 Å². The molecule has 24 nitrogen and oxygen atoms in total. The highest BCUT2D eigenvalue weighted by atomic mass is 31.2. The second-order valence-electron chi connectivity index (χ2n) is 29.4. The second kappa shape index (κ2) is 57.8. The number of hydrogen-bond acceptors (Lipinski definition) is 23. The normalized spacial score (nSPS) is 27.4. The van der Waals surface area contributed by atoms with Crippen molar-refractivity contribution >= 4 is 25.7 Å². The van der Waals surface area contributed by atoms with Gasteiger partial charge in [-0.1, -0.05) is 271 Å². The highest BCUT2D eigenvalue weighted by molar-refractivity contribution is 7.47. The van der Waals surface area contributed by atoms with Gasteiger partial charge in [0.2, 0.25) is 0 Å². The molecule has 0 radical (unpaired) electrons. The molecule has 0 aromatic rings. The quantitative estimate of drug-likeness (QED) is 0.00886. The minimum absolute atomic E-state index is 0.0325. The van der Waals surface area contributed by atoms with Crippen molar-refractivity contribution in [3.8, 4) is 0 Å². The van der Waals surface area contributed by atoms with Crippen LogP contribution in [-0.2, 0) is 61.2 Å². The molecule has 19 unspecified atom stereocenters. The van der Waals surface area contributed by atoms with E-state index >= 15 is 0 Å². The highest BCUT2D eigenvalue weighted by Gasteiger charge is 2.58. The van der Waals surface area contributed by atoms with Gasteiger partial charge in [0.1, 0.15) is 98.7 Å². The number of esters is 3. The lowest BCUT2D eigenvalue weighted by atomic mass is 9.84. The molecule has 0 amide bonds. The predicted molar refractivity (Wildman–Crippen MR) is 388 cm³/mol. The Morgan fingerprint density at radius 3 is 1.17 bits per heavy atom. The average molecular weight is 1480 g/mol. The van der Waals surface area contributed by atoms with Crippen molar-refractivity contribution in [2.24, 2.45) is 5.92 Å². The minimum atomic E-state index is -5.70. The molecular weight excluding hydrogens is 1340 g/mol. The fourth-order valence-electron chi connectivity index (χ4n) is 13.5. The van der Waals surface area contributed by atoms with Crippen LogP contribution in [-0.4, -0.2) is 204 Å². The van der Waals surface area contributed by atoms with Gasteiger partial charge in [0.05, 0.1) is 13.2 Å². The summed E-state index contributed by atoms with van der Waals surface area (Å²) in [7, 11) is -5.70. The lowest BCUT2D eigenvalue weighted by Crippen LogP contribution is -2.69. The van der Waals surface area contributed by atoms with E-state index in [4.69, 9.17) is 42.2 Å². The zero-order chi connectivity index (χ0) is 74.8. The van der Waals surface area contributed by atoms with Gasteiger partial charge in [0, 0.05) is 19.3 Å². The molecule has 25 heteroatoms. The van der Waals surface area contributed by atoms with E-state index < -0.39 is 156 Å². The van der Waals surface area contributed by atoms with Gasteiger partial charge in [-0.15, -0.1) is 0 Å². The molecule has 3 aliphatic rings. The summed E-state index contributed by atoms with van der Waals surface area (Å²) in [6.07, 6.45) is 16.8. The molecule has 2 aliphatic heterocycles. The van der Waals surface area contributed by atoms with E-state index in [9.17, 15) is 74.9 Å². The van der Waals surface area contributed by atoms with Crippen LogP contribution in [0.1, 0.15) is 323 Å². The Hall–Kier alpha value is -2.30. The van der Waals surface area contributed by atoms with Crippen molar-refractivity contribution in [3.05, 3.63) is 12.2 Å². The van der Waals surface area contributed by atoms with Gasteiger partial charge in [-0.05, 0) is 50.9 Å². The van der Waals surface area contributed by atoms with Gasteiger partial charge < -0.3 is 89.1 Å². The standard InChI is InChI=1S/C77H143O24P/c1-5-8-11-14-17-19-21-23-25-27-29-31-33-35-41-46-51-62(80)94-56-60-65(83)67(85)72(90)77(98-60)100-74-70(88)68(86)69(87)73(99-76-71(89)66(84)64(82)59(53-78)97-76)75(74)101-102(91,92)95-55-58(54-93-61(79)50-45-40-34-32-30-28-26-24-22-20-18-15-12-9-6-2)96-63(81)52-47-42-37-36-39-44-49-57(4)48-43-38-16-13-10-7-3/h20,22,57-60,64-78,82-90H,5-19,21,23-56H2,1-4H3,(H,91,92)/b22-20-. The van der Waals surface area contributed by atoms with Crippen LogP contribution < -0.4 is 0 Å². The van der Waals surface area contributed by atoms with Crippen LogP contribution in [0, 0.1) is 5.92 Å². The summed E-state index contributed by atoms with van der Waals surface area (Å²) in [4.78, 5) is 51.2. The van der Waals surface area contributed by atoms with Crippen molar-refractivity contribution < 1.29 is 117 Å². The summed E-state index contributed by atoms with van der Waals surface area (Å²) >= 11 is 0. The van der Waals surface area contributed by atoms with Crippen molar-refractivity contribution in [1.82, 2.24) is 0 Å². The number of carbonyl (C=O) groups excluding carboxylic acids is 3. The molecule has 19 atom stereocenters. The number of unbranched alkanes of at least 4 members (excludes halogenated alkanes) is 36. The number of phosphoric ester groups is 1. The van der Waals surface area contributed by atoms with Crippen molar-refractivity contribution in [2.75, 3.05) is 26.4 Å². The molecule has 2 heterocycles. The third-order valence-electron chi connectivity index (χ3n) is 20.2. The van der Waals surface area contributed by atoms with Gasteiger partial charge in [0.15, 0.2) is 18.7 Å². The molecular formula is C77H143O24P. The molecule has 1 saturated carbocycles. The molecule has 2 saturated heterocycles. The molecule has 0 spiro atoms. The molecule has 11 N–H and O–H groups in total. The molecule has 0 aromatic carbocycles. The number of aliphatic hydroxyl groups is 10. The number of allylic oxidation sites excluding steroid dienone is 2. The third kappa shape index (κ3) is 40.2. The predicted octanol–water partition coefficient (Wildman–Crippen LogP) is 12.2. The first-order valence-corrected chi connectivity index (χ1v) is 41.9. The van der Waals surface area contributed by atoms with E-state index in [1.165, 1.54) is 141 Å². The zero-order valence-corrected chi connectivity index (χ0v) is 64.0. The first-order chi connectivity index (χ1) is 49.2. The van der Waals surface area contributed by atoms with Gasteiger partial charge in [-0.2, -0.15) is 0 Å². The molecule has 102 heavy (non-hydrogen) atoms. The van der Waals surface area contributed by atoms with E-state index in [2.05, 4.69) is 39.8 Å². The highest BCUT2D eigenvalue weighted by Crippen LogP contribution is 2.49. The van der Waals surface area contributed by atoms with Crippen LogP contribution in [0.25, 0.3) is 0 Å². The second-order valence-corrected chi connectivity index (χ2v) is 30.8. The lowest BCUT2D eigenvalue weighted by Gasteiger charge is -2.49. The number of aliphatic hydroxyl groups excluding tert-OH is 10. The zero-order valence-electron chi connectivity index (χ0n) is 63.1. The van der Waals surface area contributed by atoms with Gasteiger partial charge >= 0.3 is 25.7 Å². The first-order valence-electron chi connectivity index (χ1n) is 40.4. The summed E-state index contributed by atoms with van der Waals surface area (Å²) in [5.41, 5.74) is 0. The number of phosphoric acid groups is 1. The Balaban J connectivity index is 1.71. The van der Waals surface area contributed by atoms with Crippen LogP contribution in [0.15, 0.2) is 12.2 Å². The summed E-state index contributed by atoms with van der Waals surface area (Å²) in [6.45, 7) is 5.79. The van der Waals surface area contributed by atoms with Crippen molar-refractivity contribution in [3.63, 3.8) is 0 Å². The summed E-state index contributed by atoms with van der Waals surface area (Å²) < 4.78 is 65.2. The Kier molecular flexibility index (Phi) is 53.2. The maximum absolute atomic E-state index is 14.4. The molecule has 3 rings (SSSR count). The number of carbonyl (C=O) groups is 3. The average Bonchev–Trinajstić information content (AvgIpc) is 0.760. The Labute approximate surface area is 612 Å². The van der Waals surface area contributed by atoms with E-state index in [0.717, 1.165) is 116 Å². The first kappa shape index (κ1) is 93.9. The number of rotatable bonds is 63. The summed E-state index contributed by atoms with van der Waals surface area (Å²) in [5, 5.41) is 110.